The molecule has 8 heteroatoms. The monoisotopic (exact) mass is 550 g/mol. The van der Waals surface area contributed by atoms with Gasteiger partial charge in [0.2, 0.25) is 0 Å². The molecule has 1 saturated carbocycles. The SMILES string of the molecule is C=CC1CC1(C(=O)OCC[N+](C)(C)Cc1ccccc1)C(=O)OCC[N+](C)(C)Cc1ccccc1.[Cl-].[Cl-]. The number of rotatable bonds is 13. The van der Waals surface area contributed by atoms with Crippen molar-refractivity contribution >= 4 is 11.9 Å². The minimum Gasteiger partial charge on any atom is -1.00 e. The molecule has 204 valence electrons. The first-order valence-electron chi connectivity index (χ1n) is 12.3. The molecule has 1 fully saturated rings. The highest BCUT2D eigenvalue weighted by atomic mass is 35.5. The second-order valence-corrected chi connectivity index (χ2v) is 10.9. The van der Waals surface area contributed by atoms with Crippen LogP contribution < -0.4 is 24.8 Å². The fourth-order valence-electron chi connectivity index (χ4n) is 4.47. The molecule has 3 rings (SSSR count). The maximum absolute atomic E-state index is 13.0. The molecule has 0 N–H and O–H groups in total. The first kappa shape index (κ1) is 32.6. The molecule has 37 heavy (non-hydrogen) atoms. The normalized spacial score (nSPS) is 15.9. The zero-order valence-corrected chi connectivity index (χ0v) is 23.9. The van der Waals surface area contributed by atoms with Crippen molar-refractivity contribution in [2.45, 2.75) is 19.5 Å². The first-order chi connectivity index (χ1) is 16.6. The number of ether oxygens (including phenoxy) is 2. The van der Waals surface area contributed by atoms with Crippen molar-refractivity contribution in [3.63, 3.8) is 0 Å². The third kappa shape index (κ3) is 9.15. The van der Waals surface area contributed by atoms with E-state index >= 15 is 0 Å². The van der Waals surface area contributed by atoms with E-state index in [2.05, 4.69) is 59.0 Å². The molecule has 0 amide bonds. The van der Waals surface area contributed by atoms with Crippen molar-refractivity contribution in [3.05, 3.63) is 84.4 Å². The molecule has 0 bridgehead atoms. The lowest BCUT2D eigenvalue weighted by Crippen LogP contribution is -3.00. The van der Waals surface area contributed by atoms with E-state index in [0.29, 0.717) is 28.5 Å². The Morgan fingerprint density at radius 2 is 1.19 bits per heavy atom. The third-order valence-electron chi connectivity index (χ3n) is 6.79. The molecule has 0 aliphatic heterocycles. The predicted octanol–water partition coefficient (Wildman–Crippen LogP) is -2.17. The Kier molecular flexibility index (Phi) is 12.3. The van der Waals surface area contributed by atoms with E-state index in [9.17, 15) is 9.59 Å². The Bertz CT molecular complexity index is 942. The zero-order valence-electron chi connectivity index (χ0n) is 22.4. The van der Waals surface area contributed by atoms with Gasteiger partial charge in [-0.3, -0.25) is 9.59 Å². The van der Waals surface area contributed by atoms with Crippen molar-refractivity contribution in [1.29, 1.82) is 0 Å². The zero-order chi connectivity index (χ0) is 25.5. The van der Waals surface area contributed by atoms with Gasteiger partial charge in [-0.1, -0.05) is 66.7 Å². The second-order valence-electron chi connectivity index (χ2n) is 10.9. The summed E-state index contributed by atoms with van der Waals surface area (Å²) in [7, 11) is 8.40. The molecule has 1 unspecified atom stereocenters. The standard InChI is InChI=1S/C29H40N2O4.2ClH/c1-6-26-21-29(26,27(32)34-19-17-30(2,3)22-24-13-9-7-10-14-24)28(33)35-20-18-31(4,5)23-25-15-11-8-12-16-25;;/h6-16,26H,1,17-23H2,2-5H3;2*1H/q+2;;/p-2. The number of halogens is 2. The van der Waals surface area contributed by atoms with Gasteiger partial charge in [-0.2, -0.15) is 0 Å². The first-order valence-corrected chi connectivity index (χ1v) is 12.3. The molecule has 0 heterocycles. The van der Waals surface area contributed by atoms with Crippen molar-refractivity contribution in [2.24, 2.45) is 11.3 Å². The van der Waals surface area contributed by atoms with Gasteiger partial charge in [0, 0.05) is 17.0 Å². The number of carbonyl (C=O) groups excluding carboxylic acids is 2. The van der Waals surface area contributed by atoms with E-state index in [1.807, 2.05) is 36.4 Å². The molecular formula is C29H40Cl2N2O4. The summed E-state index contributed by atoms with van der Waals surface area (Å²) in [4.78, 5) is 26.0. The number of benzene rings is 2. The van der Waals surface area contributed by atoms with E-state index in [-0.39, 0.29) is 43.9 Å². The number of hydrogen-bond donors (Lipinski definition) is 0. The molecule has 0 aromatic heterocycles. The molecule has 0 saturated heterocycles. The third-order valence-corrected chi connectivity index (χ3v) is 6.79. The van der Waals surface area contributed by atoms with Crippen LogP contribution in [0.2, 0.25) is 0 Å². The minimum atomic E-state index is -1.24. The van der Waals surface area contributed by atoms with Gasteiger partial charge in [0.1, 0.15) is 39.4 Å². The fraction of sp³-hybridized carbons (Fsp3) is 0.448. The summed E-state index contributed by atoms with van der Waals surface area (Å²) in [6.45, 7) is 7.25. The summed E-state index contributed by atoms with van der Waals surface area (Å²) >= 11 is 0. The summed E-state index contributed by atoms with van der Waals surface area (Å²) in [5, 5.41) is 0. The highest BCUT2D eigenvalue weighted by molar-refractivity contribution is 6.04. The summed E-state index contributed by atoms with van der Waals surface area (Å²) in [5.41, 5.74) is 1.22. The van der Waals surface area contributed by atoms with Crippen LogP contribution in [0.15, 0.2) is 73.3 Å². The van der Waals surface area contributed by atoms with E-state index in [1.165, 1.54) is 11.1 Å². The van der Waals surface area contributed by atoms with Crippen LogP contribution in [0.5, 0.6) is 0 Å². The number of allylic oxidation sites excluding steroid dienone is 1. The van der Waals surface area contributed by atoms with Crippen molar-refractivity contribution < 1.29 is 52.8 Å². The van der Waals surface area contributed by atoms with Gasteiger partial charge in [0.25, 0.3) is 0 Å². The van der Waals surface area contributed by atoms with E-state index in [1.54, 1.807) is 6.08 Å². The summed E-state index contributed by atoms with van der Waals surface area (Å²) in [6.07, 6.45) is 2.06. The van der Waals surface area contributed by atoms with Gasteiger partial charge >= 0.3 is 11.9 Å². The van der Waals surface area contributed by atoms with Gasteiger partial charge in [-0.15, -0.1) is 6.58 Å². The molecule has 1 atom stereocenters. The second kappa shape index (κ2) is 14.0. The number of esters is 2. The smallest absolute Gasteiger partial charge is 0.324 e. The van der Waals surface area contributed by atoms with Crippen LogP contribution in [0.1, 0.15) is 17.5 Å². The van der Waals surface area contributed by atoms with Gasteiger partial charge < -0.3 is 43.3 Å². The van der Waals surface area contributed by atoms with Crippen LogP contribution >= 0.6 is 0 Å². The molecule has 1 aliphatic carbocycles. The maximum atomic E-state index is 13.0. The number of hydrogen-bond acceptors (Lipinski definition) is 4. The highest BCUT2D eigenvalue weighted by Gasteiger charge is 2.67. The Hall–Kier alpha value is -2.38. The van der Waals surface area contributed by atoms with Crippen LogP contribution in [0.4, 0.5) is 0 Å². The Morgan fingerprint density at radius 1 is 0.811 bits per heavy atom. The van der Waals surface area contributed by atoms with Gasteiger partial charge in [0.05, 0.1) is 28.2 Å². The number of nitrogens with zero attached hydrogens (tertiary/aromatic N) is 2. The lowest BCUT2D eigenvalue weighted by atomic mass is 10.0. The molecule has 6 nitrogen and oxygen atoms in total. The van der Waals surface area contributed by atoms with E-state index < -0.39 is 17.4 Å². The highest BCUT2D eigenvalue weighted by Crippen LogP contribution is 2.55. The van der Waals surface area contributed by atoms with Crippen LogP contribution in [0.25, 0.3) is 0 Å². The largest absolute Gasteiger partial charge is 1.00 e. The fourth-order valence-corrected chi connectivity index (χ4v) is 4.47. The van der Waals surface area contributed by atoms with Crippen molar-refractivity contribution in [2.75, 3.05) is 54.5 Å². The topological polar surface area (TPSA) is 52.6 Å². The average Bonchev–Trinajstić information content (AvgIpc) is 3.55. The van der Waals surface area contributed by atoms with Crippen LogP contribution in [0.3, 0.4) is 0 Å². The lowest BCUT2D eigenvalue weighted by molar-refractivity contribution is -0.903. The number of quaternary nitrogens is 2. The molecular weight excluding hydrogens is 511 g/mol. The van der Waals surface area contributed by atoms with Gasteiger partial charge in [0.15, 0.2) is 5.41 Å². The van der Waals surface area contributed by atoms with Crippen molar-refractivity contribution in [1.82, 2.24) is 0 Å². The molecule has 2 aromatic rings. The predicted molar refractivity (Wildman–Crippen MR) is 137 cm³/mol. The summed E-state index contributed by atoms with van der Waals surface area (Å²) in [6, 6.07) is 20.5. The molecule has 0 spiro atoms. The Morgan fingerprint density at radius 3 is 1.51 bits per heavy atom. The van der Waals surface area contributed by atoms with Crippen LogP contribution in [-0.2, 0) is 32.2 Å². The van der Waals surface area contributed by atoms with Gasteiger partial charge in [-0.05, 0) is 6.42 Å². The minimum absolute atomic E-state index is 0. The lowest BCUT2D eigenvalue weighted by Gasteiger charge is -2.30. The quantitative estimate of drug-likeness (QED) is 0.123. The van der Waals surface area contributed by atoms with E-state index in [4.69, 9.17) is 9.47 Å². The Labute approximate surface area is 234 Å². The number of carbonyl (C=O) groups is 2. The molecule has 1 aliphatic rings. The van der Waals surface area contributed by atoms with Crippen molar-refractivity contribution in [3.8, 4) is 0 Å². The number of likely N-dealkylation sites (N-methyl/N-ethyl adjacent to an activating group) is 2. The summed E-state index contributed by atoms with van der Waals surface area (Å²) < 4.78 is 12.6. The Balaban J connectivity index is 0.00000342. The van der Waals surface area contributed by atoms with Crippen LogP contribution in [-0.4, -0.2) is 75.4 Å². The van der Waals surface area contributed by atoms with Crippen LogP contribution in [0, 0.1) is 11.3 Å². The van der Waals surface area contributed by atoms with Gasteiger partial charge in [-0.25, -0.2) is 0 Å². The summed E-state index contributed by atoms with van der Waals surface area (Å²) in [5.74, 6) is -1.23. The van der Waals surface area contributed by atoms with E-state index in [0.717, 1.165) is 13.1 Å². The molecule has 0 radical (unpaired) electrons. The average molecular weight is 552 g/mol. The maximum Gasteiger partial charge on any atom is 0.324 e. The molecule has 2 aromatic carbocycles.